The van der Waals surface area contributed by atoms with Crippen molar-refractivity contribution in [3.8, 4) is 0 Å². The molecule has 1 aliphatic rings. The number of carbonyl (C=O) groups excluding carboxylic acids is 1. The summed E-state index contributed by atoms with van der Waals surface area (Å²) in [5.41, 5.74) is 1.72. The molecule has 5 heteroatoms. The van der Waals surface area contributed by atoms with Gasteiger partial charge in [-0.05, 0) is 51.9 Å². The number of pyridine rings is 1. The molecule has 0 aliphatic carbocycles. The monoisotopic (exact) mass is 301 g/mol. The Morgan fingerprint density at radius 1 is 1.36 bits per heavy atom. The van der Waals surface area contributed by atoms with E-state index in [1.807, 2.05) is 42.6 Å². The van der Waals surface area contributed by atoms with Crippen LogP contribution >= 0.6 is 0 Å². The number of hydrogen-bond acceptors (Lipinski definition) is 4. The molecular formula is C17H23N3O2. The van der Waals surface area contributed by atoms with Gasteiger partial charge in [-0.3, -0.25) is 9.69 Å². The Bertz CT molecular complexity index is 624. The fourth-order valence-corrected chi connectivity index (χ4v) is 3.01. The number of piperidine rings is 1. The van der Waals surface area contributed by atoms with Gasteiger partial charge >= 0.3 is 5.97 Å². The lowest BCUT2D eigenvalue weighted by molar-refractivity contribution is -0.157. The quantitative estimate of drug-likeness (QED) is 0.814. The Labute approximate surface area is 130 Å². The van der Waals surface area contributed by atoms with E-state index in [0.717, 1.165) is 43.8 Å². The van der Waals surface area contributed by atoms with Gasteiger partial charge in [-0.2, -0.15) is 0 Å². The smallest absolute Gasteiger partial charge is 0.311 e. The van der Waals surface area contributed by atoms with E-state index < -0.39 is 0 Å². The molecule has 0 N–H and O–H groups in total. The first-order chi connectivity index (χ1) is 10.6. The lowest BCUT2D eigenvalue weighted by Gasteiger charge is -2.37. The second-order valence-electron chi connectivity index (χ2n) is 6.26. The number of fused-ring (bicyclic) bond motifs is 1. The van der Waals surface area contributed by atoms with Gasteiger partial charge in [-0.25, -0.2) is 4.98 Å². The van der Waals surface area contributed by atoms with Crippen molar-refractivity contribution in [1.82, 2.24) is 14.3 Å². The van der Waals surface area contributed by atoms with E-state index in [0.29, 0.717) is 6.61 Å². The van der Waals surface area contributed by atoms with Crippen molar-refractivity contribution in [2.75, 3.05) is 19.7 Å². The van der Waals surface area contributed by atoms with Crippen LogP contribution in [-0.2, 0) is 16.1 Å². The van der Waals surface area contributed by atoms with Crippen LogP contribution in [-0.4, -0.2) is 40.0 Å². The van der Waals surface area contributed by atoms with Gasteiger partial charge in [0.1, 0.15) is 5.65 Å². The van der Waals surface area contributed by atoms with Crippen molar-refractivity contribution in [2.45, 2.75) is 33.2 Å². The topological polar surface area (TPSA) is 46.8 Å². The van der Waals surface area contributed by atoms with Gasteiger partial charge < -0.3 is 9.14 Å². The summed E-state index contributed by atoms with van der Waals surface area (Å²) in [6, 6.07) is 6.01. The van der Waals surface area contributed by atoms with E-state index in [1.165, 1.54) is 0 Å². The second kappa shape index (κ2) is 6.08. The molecule has 0 amide bonds. The highest BCUT2D eigenvalue weighted by atomic mass is 16.5. The molecule has 1 aliphatic heterocycles. The largest absolute Gasteiger partial charge is 0.466 e. The SMILES string of the molecule is CCOC(=O)C1(C)CCN(Cc2cn3ccccc3n2)CC1. The van der Waals surface area contributed by atoms with Gasteiger partial charge in [0.25, 0.3) is 0 Å². The number of imidazole rings is 1. The molecule has 0 bridgehead atoms. The zero-order chi connectivity index (χ0) is 15.6. The molecule has 3 rings (SSSR count). The molecule has 5 nitrogen and oxygen atoms in total. The minimum absolute atomic E-state index is 0.0534. The second-order valence-corrected chi connectivity index (χ2v) is 6.26. The highest BCUT2D eigenvalue weighted by Crippen LogP contribution is 2.32. The first-order valence-corrected chi connectivity index (χ1v) is 7.93. The molecule has 0 radical (unpaired) electrons. The van der Waals surface area contributed by atoms with Crippen LogP contribution in [0.25, 0.3) is 5.65 Å². The van der Waals surface area contributed by atoms with E-state index >= 15 is 0 Å². The Morgan fingerprint density at radius 3 is 2.82 bits per heavy atom. The van der Waals surface area contributed by atoms with Gasteiger partial charge in [-0.15, -0.1) is 0 Å². The standard InChI is InChI=1S/C17H23N3O2/c1-3-22-16(21)17(2)7-10-19(11-8-17)12-14-13-20-9-5-4-6-15(20)18-14/h4-6,9,13H,3,7-8,10-12H2,1-2H3. The van der Waals surface area contributed by atoms with Crippen molar-refractivity contribution < 1.29 is 9.53 Å². The molecular weight excluding hydrogens is 278 g/mol. The molecule has 0 saturated carbocycles. The highest BCUT2D eigenvalue weighted by molar-refractivity contribution is 5.76. The minimum atomic E-state index is -0.328. The first kappa shape index (κ1) is 15.0. The van der Waals surface area contributed by atoms with Crippen LogP contribution in [0.3, 0.4) is 0 Å². The maximum atomic E-state index is 12.0. The predicted octanol–water partition coefficient (Wildman–Crippen LogP) is 2.50. The van der Waals surface area contributed by atoms with Crippen LogP contribution in [0.1, 0.15) is 32.4 Å². The third-order valence-corrected chi connectivity index (χ3v) is 4.53. The number of rotatable bonds is 4. The van der Waals surface area contributed by atoms with Crippen molar-refractivity contribution in [2.24, 2.45) is 5.41 Å². The summed E-state index contributed by atoms with van der Waals surface area (Å²) in [6.45, 7) is 6.99. The molecule has 3 heterocycles. The Kier molecular flexibility index (Phi) is 4.16. The van der Waals surface area contributed by atoms with E-state index in [9.17, 15) is 4.79 Å². The first-order valence-electron chi connectivity index (χ1n) is 7.93. The summed E-state index contributed by atoms with van der Waals surface area (Å²) in [6.07, 6.45) is 5.78. The fourth-order valence-electron chi connectivity index (χ4n) is 3.01. The van der Waals surface area contributed by atoms with Gasteiger partial charge in [0.05, 0.1) is 17.7 Å². The third-order valence-electron chi connectivity index (χ3n) is 4.53. The number of carbonyl (C=O) groups is 1. The van der Waals surface area contributed by atoms with Crippen molar-refractivity contribution >= 4 is 11.6 Å². The molecule has 118 valence electrons. The van der Waals surface area contributed by atoms with Gasteiger partial charge in [-0.1, -0.05) is 6.07 Å². The maximum absolute atomic E-state index is 12.0. The molecule has 0 aromatic carbocycles. The van der Waals surface area contributed by atoms with Gasteiger partial charge in [0.2, 0.25) is 0 Å². The van der Waals surface area contributed by atoms with Crippen LogP contribution in [0, 0.1) is 5.41 Å². The minimum Gasteiger partial charge on any atom is -0.466 e. The molecule has 1 fully saturated rings. The average molecular weight is 301 g/mol. The lowest BCUT2D eigenvalue weighted by atomic mass is 9.80. The molecule has 0 spiro atoms. The van der Waals surface area contributed by atoms with Crippen LogP contribution in [0.2, 0.25) is 0 Å². The van der Waals surface area contributed by atoms with E-state index in [2.05, 4.69) is 16.1 Å². The Morgan fingerprint density at radius 2 is 2.14 bits per heavy atom. The molecule has 0 unspecified atom stereocenters. The molecule has 2 aromatic rings. The van der Waals surface area contributed by atoms with Gasteiger partial charge in [0, 0.05) is 18.9 Å². The number of hydrogen-bond donors (Lipinski definition) is 0. The van der Waals surface area contributed by atoms with Crippen LogP contribution in [0.4, 0.5) is 0 Å². The third kappa shape index (κ3) is 2.99. The van der Waals surface area contributed by atoms with E-state index in [1.54, 1.807) is 0 Å². The summed E-state index contributed by atoms with van der Waals surface area (Å²) in [5, 5.41) is 0. The summed E-state index contributed by atoms with van der Waals surface area (Å²) >= 11 is 0. The highest BCUT2D eigenvalue weighted by Gasteiger charge is 2.38. The summed E-state index contributed by atoms with van der Waals surface area (Å²) in [4.78, 5) is 19.0. The summed E-state index contributed by atoms with van der Waals surface area (Å²) < 4.78 is 7.25. The number of likely N-dealkylation sites (tertiary alicyclic amines) is 1. The Hall–Kier alpha value is -1.88. The molecule has 1 saturated heterocycles. The molecule has 0 atom stereocenters. The molecule has 2 aromatic heterocycles. The van der Waals surface area contributed by atoms with E-state index in [-0.39, 0.29) is 11.4 Å². The predicted molar refractivity (Wildman–Crippen MR) is 84.4 cm³/mol. The number of esters is 1. The molecule has 22 heavy (non-hydrogen) atoms. The zero-order valence-corrected chi connectivity index (χ0v) is 13.3. The van der Waals surface area contributed by atoms with E-state index in [4.69, 9.17) is 4.74 Å². The number of nitrogens with zero attached hydrogens (tertiary/aromatic N) is 3. The summed E-state index contributed by atoms with van der Waals surface area (Å²) in [5.74, 6) is -0.0534. The Balaban J connectivity index is 1.61. The summed E-state index contributed by atoms with van der Waals surface area (Å²) in [7, 11) is 0. The van der Waals surface area contributed by atoms with Crippen LogP contribution in [0.15, 0.2) is 30.6 Å². The number of ether oxygens (including phenoxy) is 1. The van der Waals surface area contributed by atoms with Crippen LogP contribution < -0.4 is 0 Å². The van der Waals surface area contributed by atoms with Crippen molar-refractivity contribution in [3.63, 3.8) is 0 Å². The van der Waals surface area contributed by atoms with Gasteiger partial charge in [0.15, 0.2) is 0 Å². The number of aromatic nitrogens is 2. The van der Waals surface area contributed by atoms with Crippen LogP contribution in [0.5, 0.6) is 0 Å². The van der Waals surface area contributed by atoms with Crippen molar-refractivity contribution in [1.29, 1.82) is 0 Å². The maximum Gasteiger partial charge on any atom is 0.311 e. The normalized spacial score (nSPS) is 18.5. The van der Waals surface area contributed by atoms with Crippen molar-refractivity contribution in [3.05, 3.63) is 36.3 Å². The zero-order valence-electron chi connectivity index (χ0n) is 13.3. The fraction of sp³-hybridized carbons (Fsp3) is 0.529. The average Bonchev–Trinajstić information content (AvgIpc) is 2.92. The lowest BCUT2D eigenvalue weighted by Crippen LogP contribution is -2.43.